The lowest BCUT2D eigenvalue weighted by molar-refractivity contribution is -0.138. The Kier molecular flexibility index (Phi) is 13.5. The molecule has 17 nitrogen and oxygen atoms in total. The van der Waals surface area contributed by atoms with Gasteiger partial charge in [-0.2, -0.15) is 4.98 Å². The monoisotopic (exact) mass is 760 g/mol. The van der Waals surface area contributed by atoms with E-state index in [1.54, 1.807) is 66.1 Å². The number of amides is 6. The van der Waals surface area contributed by atoms with Gasteiger partial charge in [-0.15, -0.1) is 0 Å². The van der Waals surface area contributed by atoms with E-state index in [9.17, 15) is 33.9 Å². The lowest BCUT2D eigenvalue weighted by atomic mass is 9.84. The van der Waals surface area contributed by atoms with E-state index < -0.39 is 46.7 Å². The van der Waals surface area contributed by atoms with E-state index in [2.05, 4.69) is 20.9 Å². The highest BCUT2D eigenvalue weighted by molar-refractivity contribution is 5.90. The van der Waals surface area contributed by atoms with Crippen molar-refractivity contribution in [2.45, 2.75) is 142 Å². The van der Waals surface area contributed by atoms with Crippen molar-refractivity contribution < 1.29 is 38.6 Å². The van der Waals surface area contributed by atoms with Crippen LogP contribution < -0.4 is 21.6 Å². The van der Waals surface area contributed by atoms with Crippen LogP contribution in [0.25, 0.3) is 0 Å². The highest BCUT2D eigenvalue weighted by atomic mass is 16.6. The van der Waals surface area contributed by atoms with Crippen LogP contribution in [0.1, 0.15) is 113 Å². The number of alkyl carbamates (subject to hydrolysis) is 2. The van der Waals surface area contributed by atoms with Gasteiger partial charge in [-0.05, 0) is 119 Å². The van der Waals surface area contributed by atoms with Gasteiger partial charge < -0.3 is 39.9 Å². The Morgan fingerprint density at radius 3 is 1.91 bits per heavy atom. The molecule has 0 radical (unpaired) electrons. The molecule has 17 heteroatoms. The number of hydrogen-bond donors (Lipinski definition) is 4. The Hall–Kier alpha value is -4.57. The predicted molar refractivity (Wildman–Crippen MR) is 200 cm³/mol. The number of carbonyl (C=O) groups excluding carboxylic acids is 4. The largest absolute Gasteiger partial charge is 0.465 e. The van der Waals surface area contributed by atoms with Crippen molar-refractivity contribution in [3.8, 4) is 0 Å². The summed E-state index contributed by atoms with van der Waals surface area (Å²) in [6.07, 6.45) is 5.16. The van der Waals surface area contributed by atoms with Gasteiger partial charge in [-0.3, -0.25) is 14.7 Å². The molecule has 0 atom stereocenters. The minimum atomic E-state index is -1.21. The lowest BCUT2D eigenvalue weighted by Gasteiger charge is -2.39. The van der Waals surface area contributed by atoms with E-state index in [1.807, 2.05) is 20.8 Å². The summed E-state index contributed by atoms with van der Waals surface area (Å²) in [6, 6.07) is 0.915. The molecular formula is C37H60N8O9. The maximum absolute atomic E-state index is 13.2. The van der Waals surface area contributed by atoms with E-state index in [-0.39, 0.29) is 61.9 Å². The number of nitrogens with zero attached hydrogens (tertiary/aromatic N) is 5. The Labute approximate surface area is 317 Å². The second-order valence-electron chi connectivity index (χ2n) is 17.2. The molecule has 4 rings (SSSR count). The summed E-state index contributed by atoms with van der Waals surface area (Å²) in [5.41, 5.74) is -2.97. The Morgan fingerprint density at radius 1 is 0.815 bits per heavy atom. The number of nitrogens with one attached hydrogen (secondary N) is 3. The average Bonchev–Trinajstić information content (AvgIpc) is 3.05. The Morgan fingerprint density at radius 2 is 1.37 bits per heavy atom. The van der Waals surface area contributed by atoms with Crippen LogP contribution in [-0.4, -0.2) is 121 Å². The fourth-order valence-electron chi connectivity index (χ4n) is 7.34. The standard InChI is InChI=1S/C37H60N8O9/c1-35(2,3)53-32(49)38-25-11-15-27(16-12-25)45(34(51)52)23-24-9-13-26(14-10-24)44-18-17-28(40-31(44)48)39-30(47)43-21-19-42(20-22-43)29(46)37(7,8)41-33(50)54-36(4,5)6/h17-18,24-27H,9-16,19-23H2,1-8H3,(H,38,49)(H,41,50)(H,51,52)(H,39,40,47,48)/t24-,25-,26-,27-. The van der Waals surface area contributed by atoms with Crippen LogP contribution in [-0.2, 0) is 14.3 Å². The maximum atomic E-state index is 13.2. The summed E-state index contributed by atoms with van der Waals surface area (Å²) < 4.78 is 12.2. The molecule has 1 aromatic heterocycles. The molecular weight excluding hydrogens is 700 g/mol. The van der Waals surface area contributed by atoms with Gasteiger partial charge in [0.2, 0.25) is 5.91 Å². The van der Waals surface area contributed by atoms with Crippen LogP contribution in [0.4, 0.5) is 25.0 Å². The fraction of sp³-hybridized carbons (Fsp3) is 0.757. The zero-order valence-corrected chi connectivity index (χ0v) is 33.1. The number of anilines is 1. The summed E-state index contributed by atoms with van der Waals surface area (Å²) >= 11 is 0. The smallest absolute Gasteiger partial charge is 0.408 e. The number of urea groups is 1. The zero-order chi connectivity index (χ0) is 40.0. The summed E-state index contributed by atoms with van der Waals surface area (Å²) in [4.78, 5) is 84.8. The molecule has 0 aromatic carbocycles. The topological polar surface area (TPSA) is 205 Å². The molecule has 2 saturated carbocycles. The molecule has 1 aliphatic heterocycles. The second-order valence-corrected chi connectivity index (χ2v) is 17.2. The number of carboxylic acid groups (broad SMARTS) is 1. The molecule has 1 aromatic rings. The van der Waals surface area contributed by atoms with Gasteiger partial charge in [0.05, 0.1) is 0 Å². The number of piperazine rings is 1. The SMILES string of the molecule is CC(C)(C)OC(=O)NC(C)(C)C(=O)N1CCN(C(=O)Nc2ccn([C@H]3CC[C@H](CN(C(=O)O)[C@H]4CC[C@H](NC(=O)OC(C)(C)C)CC4)CC3)c(=O)n2)CC1. The minimum Gasteiger partial charge on any atom is -0.465 e. The number of aromatic nitrogens is 2. The number of rotatable bonds is 8. The number of carbonyl (C=O) groups is 5. The van der Waals surface area contributed by atoms with Gasteiger partial charge >= 0.3 is 30.0 Å². The van der Waals surface area contributed by atoms with Crippen molar-refractivity contribution >= 4 is 36.0 Å². The van der Waals surface area contributed by atoms with Crippen molar-refractivity contribution in [1.29, 1.82) is 0 Å². The minimum absolute atomic E-state index is 0.0446. The Balaban J connectivity index is 1.21. The van der Waals surface area contributed by atoms with Gasteiger partial charge in [0, 0.05) is 57.0 Å². The highest BCUT2D eigenvalue weighted by Gasteiger charge is 2.37. The van der Waals surface area contributed by atoms with Crippen molar-refractivity contribution in [2.24, 2.45) is 5.92 Å². The van der Waals surface area contributed by atoms with Crippen molar-refractivity contribution in [1.82, 2.24) is 34.9 Å². The molecule has 1 saturated heterocycles. The molecule has 0 spiro atoms. The molecule has 6 amide bonds. The van der Waals surface area contributed by atoms with Gasteiger partial charge in [0.25, 0.3) is 0 Å². The first-order chi connectivity index (χ1) is 25.1. The predicted octanol–water partition coefficient (Wildman–Crippen LogP) is 4.77. The summed E-state index contributed by atoms with van der Waals surface area (Å²) in [5.74, 6) is 0.00454. The first-order valence-corrected chi connectivity index (χ1v) is 19.0. The molecule has 2 heterocycles. The molecule has 0 unspecified atom stereocenters. The maximum Gasteiger partial charge on any atom is 0.408 e. The van der Waals surface area contributed by atoms with E-state index in [0.717, 1.165) is 12.8 Å². The van der Waals surface area contributed by atoms with Crippen LogP contribution in [0.15, 0.2) is 17.1 Å². The number of ether oxygens (including phenoxy) is 2. The van der Waals surface area contributed by atoms with Crippen molar-refractivity contribution in [2.75, 3.05) is 38.0 Å². The summed E-state index contributed by atoms with van der Waals surface area (Å²) in [7, 11) is 0. The molecule has 3 aliphatic rings. The molecule has 54 heavy (non-hydrogen) atoms. The van der Waals surface area contributed by atoms with Gasteiger partial charge in [-0.1, -0.05) is 0 Å². The lowest BCUT2D eigenvalue weighted by Crippen LogP contribution is -2.60. The van der Waals surface area contributed by atoms with Crippen LogP contribution in [0.2, 0.25) is 0 Å². The van der Waals surface area contributed by atoms with Crippen molar-refractivity contribution in [3.63, 3.8) is 0 Å². The first-order valence-electron chi connectivity index (χ1n) is 19.0. The number of hydrogen-bond acceptors (Lipinski definition) is 9. The van der Waals surface area contributed by atoms with Crippen LogP contribution in [0.3, 0.4) is 0 Å². The molecule has 4 N–H and O–H groups in total. The van der Waals surface area contributed by atoms with E-state index in [4.69, 9.17) is 9.47 Å². The van der Waals surface area contributed by atoms with E-state index in [1.165, 1.54) is 0 Å². The third kappa shape index (κ3) is 12.2. The van der Waals surface area contributed by atoms with Gasteiger partial charge in [-0.25, -0.2) is 24.0 Å². The van der Waals surface area contributed by atoms with E-state index in [0.29, 0.717) is 45.1 Å². The summed E-state index contributed by atoms with van der Waals surface area (Å²) in [6.45, 7) is 15.3. The molecule has 2 aliphatic carbocycles. The van der Waals surface area contributed by atoms with Crippen LogP contribution in [0.5, 0.6) is 0 Å². The highest BCUT2D eigenvalue weighted by Crippen LogP contribution is 2.34. The fourth-order valence-corrected chi connectivity index (χ4v) is 7.34. The van der Waals surface area contributed by atoms with Crippen LogP contribution in [0, 0.1) is 5.92 Å². The second kappa shape index (κ2) is 17.3. The molecule has 3 fully saturated rings. The molecule has 0 bridgehead atoms. The normalized spacial score (nSPS) is 22.4. The third-order valence-corrected chi connectivity index (χ3v) is 10.0. The van der Waals surface area contributed by atoms with Crippen molar-refractivity contribution in [3.05, 3.63) is 22.7 Å². The quantitative estimate of drug-likeness (QED) is 0.286. The Bertz CT molecular complexity index is 1560. The third-order valence-electron chi connectivity index (χ3n) is 10.0. The van der Waals surface area contributed by atoms with E-state index >= 15 is 0 Å². The molecule has 302 valence electrons. The summed E-state index contributed by atoms with van der Waals surface area (Å²) in [5, 5.41) is 18.3. The van der Waals surface area contributed by atoms with Gasteiger partial charge in [0.15, 0.2) is 0 Å². The van der Waals surface area contributed by atoms with Crippen LogP contribution >= 0.6 is 0 Å². The van der Waals surface area contributed by atoms with Gasteiger partial charge in [0.1, 0.15) is 22.6 Å². The zero-order valence-electron chi connectivity index (χ0n) is 33.1. The average molecular weight is 761 g/mol. The first kappa shape index (κ1) is 42.2.